The number of nitrogens with one attached hydrogen (secondary N) is 2. The fourth-order valence-corrected chi connectivity index (χ4v) is 3.86. The lowest BCUT2D eigenvalue weighted by Gasteiger charge is -2.31. The monoisotopic (exact) mass is 532 g/mol. The SMILES string of the molecule is CCOC(=O)[C@H](NCc1cc(OC)c(OC)c(OC)c1)[C@H](O)[C@H](Cc1ccccc1)NC(=O)OC(C)(C)C. The Kier molecular flexibility index (Phi) is 11.7. The first-order valence-electron chi connectivity index (χ1n) is 12.4. The number of hydrogen-bond acceptors (Lipinski definition) is 9. The summed E-state index contributed by atoms with van der Waals surface area (Å²) >= 11 is 0. The van der Waals surface area contributed by atoms with E-state index in [0.717, 1.165) is 5.56 Å². The normalized spacial score (nSPS) is 13.6. The molecule has 1 amide bonds. The Morgan fingerprint density at radius 1 is 0.947 bits per heavy atom. The second-order valence-electron chi connectivity index (χ2n) is 9.58. The van der Waals surface area contributed by atoms with Gasteiger partial charge in [0.1, 0.15) is 17.7 Å². The van der Waals surface area contributed by atoms with Crippen molar-refractivity contribution in [3.63, 3.8) is 0 Å². The average molecular weight is 533 g/mol. The third-order valence-electron chi connectivity index (χ3n) is 5.55. The van der Waals surface area contributed by atoms with Gasteiger partial charge in [0.15, 0.2) is 11.5 Å². The third kappa shape index (κ3) is 9.11. The molecule has 0 radical (unpaired) electrons. The zero-order valence-corrected chi connectivity index (χ0v) is 23.2. The average Bonchev–Trinajstić information content (AvgIpc) is 2.87. The first-order valence-corrected chi connectivity index (χ1v) is 12.4. The number of benzene rings is 2. The van der Waals surface area contributed by atoms with E-state index in [2.05, 4.69) is 10.6 Å². The van der Waals surface area contributed by atoms with Gasteiger partial charge < -0.3 is 34.1 Å². The molecule has 0 unspecified atom stereocenters. The molecule has 3 atom stereocenters. The smallest absolute Gasteiger partial charge is 0.407 e. The summed E-state index contributed by atoms with van der Waals surface area (Å²) in [4.78, 5) is 25.6. The number of carbonyl (C=O) groups is 2. The number of aliphatic hydroxyl groups excluding tert-OH is 1. The van der Waals surface area contributed by atoms with Crippen molar-refractivity contribution in [3.05, 3.63) is 53.6 Å². The minimum atomic E-state index is -1.36. The van der Waals surface area contributed by atoms with Crippen LogP contribution >= 0.6 is 0 Å². The standard InChI is InChI=1S/C28H40N2O8/c1-8-37-26(32)23(29-17-19-15-21(34-5)25(36-7)22(16-19)35-6)24(31)20(14-18-12-10-9-11-13-18)30-27(33)38-28(2,3)4/h9-13,15-16,20,23-24,29,31H,8,14,17H2,1-7H3,(H,30,33)/t20-,23+,24+/m0/s1. The number of hydrogen-bond donors (Lipinski definition) is 3. The van der Waals surface area contributed by atoms with E-state index in [9.17, 15) is 14.7 Å². The Bertz CT molecular complexity index is 1010. The molecule has 0 heterocycles. The van der Waals surface area contributed by atoms with E-state index in [0.29, 0.717) is 22.8 Å². The van der Waals surface area contributed by atoms with E-state index < -0.39 is 35.9 Å². The van der Waals surface area contributed by atoms with Crippen LogP contribution in [-0.4, -0.2) is 68.9 Å². The number of aliphatic hydroxyl groups is 1. The first-order chi connectivity index (χ1) is 18.0. The molecular weight excluding hydrogens is 492 g/mol. The lowest BCUT2D eigenvalue weighted by Crippen LogP contribution is -2.57. The molecule has 38 heavy (non-hydrogen) atoms. The predicted molar refractivity (Wildman–Crippen MR) is 143 cm³/mol. The van der Waals surface area contributed by atoms with Gasteiger partial charge in [-0.1, -0.05) is 30.3 Å². The molecule has 0 aromatic heterocycles. The fraction of sp³-hybridized carbons (Fsp3) is 0.500. The summed E-state index contributed by atoms with van der Waals surface area (Å²) in [7, 11) is 4.53. The van der Waals surface area contributed by atoms with Crippen LogP contribution in [0.25, 0.3) is 0 Å². The van der Waals surface area contributed by atoms with E-state index in [1.165, 1.54) is 21.3 Å². The molecule has 210 valence electrons. The van der Waals surface area contributed by atoms with Crippen LogP contribution in [0.15, 0.2) is 42.5 Å². The van der Waals surface area contributed by atoms with E-state index >= 15 is 0 Å². The Labute approximate surface area is 224 Å². The number of amides is 1. The first kappa shape index (κ1) is 30.7. The van der Waals surface area contributed by atoms with Gasteiger partial charge in [-0.2, -0.15) is 0 Å². The Balaban J connectivity index is 2.34. The molecule has 10 heteroatoms. The Morgan fingerprint density at radius 2 is 1.55 bits per heavy atom. The largest absolute Gasteiger partial charge is 0.493 e. The fourth-order valence-electron chi connectivity index (χ4n) is 3.86. The van der Waals surface area contributed by atoms with Crippen molar-refractivity contribution in [3.8, 4) is 17.2 Å². The highest BCUT2D eigenvalue weighted by atomic mass is 16.6. The molecule has 0 spiro atoms. The van der Waals surface area contributed by atoms with Crippen LogP contribution in [-0.2, 0) is 27.2 Å². The lowest BCUT2D eigenvalue weighted by molar-refractivity contribution is -0.149. The van der Waals surface area contributed by atoms with E-state index in [-0.39, 0.29) is 19.6 Å². The molecule has 0 saturated heterocycles. The topological polar surface area (TPSA) is 125 Å². The quantitative estimate of drug-likeness (QED) is 0.334. The van der Waals surface area contributed by atoms with E-state index in [1.807, 2.05) is 30.3 Å². The van der Waals surface area contributed by atoms with Crippen LogP contribution in [0, 0.1) is 0 Å². The van der Waals surface area contributed by atoms with Gasteiger partial charge in [0, 0.05) is 6.54 Å². The molecule has 2 aromatic rings. The maximum Gasteiger partial charge on any atom is 0.407 e. The van der Waals surface area contributed by atoms with Crippen molar-refractivity contribution in [2.45, 2.75) is 64.4 Å². The van der Waals surface area contributed by atoms with Crippen LogP contribution in [0.1, 0.15) is 38.8 Å². The summed E-state index contributed by atoms with van der Waals surface area (Å²) < 4.78 is 26.9. The van der Waals surface area contributed by atoms with Crippen molar-refractivity contribution in [2.24, 2.45) is 0 Å². The van der Waals surface area contributed by atoms with Crippen LogP contribution in [0.4, 0.5) is 4.79 Å². The number of carbonyl (C=O) groups excluding carboxylic acids is 2. The van der Waals surface area contributed by atoms with Gasteiger partial charge in [-0.15, -0.1) is 0 Å². The van der Waals surface area contributed by atoms with Crippen LogP contribution in [0.2, 0.25) is 0 Å². The van der Waals surface area contributed by atoms with E-state index in [4.69, 9.17) is 23.7 Å². The number of rotatable bonds is 13. The highest BCUT2D eigenvalue weighted by Crippen LogP contribution is 2.38. The number of alkyl carbamates (subject to hydrolysis) is 1. The summed E-state index contributed by atoms with van der Waals surface area (Å²) in [6.45, 7) is 7.19. The molecule has 10 nitrogen and oxygen atoms in total. The Morgan fingerprint density at radius 3 is 2.05 bits per heavy atom. The Hall–Kier alpha value is -3.50. The van der Waals surface area contributed by atoms with Gasteiger partial charge in [0.25, 0.3) is 0 Å². The second kappa shape index (κ2) is 14.4. The zero-order chi connectivity index (χ0) is 28.3. The minimum absolute atomic E-state index is 0.122. The number of methoxy groups -OCH3 is 3. The van der Waals surface area contributed by atoms with Crippen molar-refractivity contribution in [1.82, 2.24) is 10.6 Å². The summed E-state index contributed by atoms with van der Waals surface area (Å²) in [5, 5.41) is 17.2. The van der Waals surface area contributed by atoms with Crippen LogP contribution < -0.4 is 24.8 Å². The van der Waals surface area contributed by atoms with Crippen molar-refractivity contribution in [2.75, 3.05) is 27.9 Å². The second-order valence-corrected chi connectivity index (χ2v) is 9.58. The van der Waals surface area contributed by atoms with E-state index in [1.54, 1.807) is 39.8 Å². The van der Waals surface area contributed by atoms with Gasteiger partial charge in [-0.05, 0) is 57.4 Å². The molecule has 0 aliphatic carbocycles. The molecule has 0 bridgehead atoms. The summed E-state index contributed by atoms with van der Waals surface area (Å²) in [5.74, 6) is 0.678. The maximum absolute atomic E-state index is 13.0. The number of esters is 1. The molecule has 0 aliphatic rings. The van der Waals surface area contributed by atoms with Gasteiger partial charge in [-0.25, -0.2) is 4.79 Å². The van der Waals surface area contributed by atoms with Gasteiger partial charge in [0.2, 0.25) is 5.75 Å². The van der Waals surface area contributed by atoms with Crippen LogP contribution in [0.5, 0.6) is 17.2 Å². The van der Waals surface area contributed by atoms with Gasteiger partial charge in [0.05, 0.1) is 34.0 Å². The highest BCUT2D eigenvalue weighted by molar-refractivity contribution is 5.77. The third-order valence-corrected chi connectivity index (χ3v) is 5.55. The predicted octanol–water partition coefficient (Wildman–Crippen LogP) is 3.23. The van der Waals surface area contributed by atoms with Gasteiger partial charge >= 0.3 is 12.1 Å². The van der Waals surface area contributed by atoms with Crippen LogP contribution in [0.3, 0.4) is 0 Å². The number of ether oxygens (including phenoxy) is 5. The molecule has 3 N–H and O–H groups in total. The molecular formula is C28H40N2O8. The summed E-state index contributed by atoms with van der Waals surface area (Å²) in [6, 6.07) is 10.8. The zero-order valence-electron chi connectivity index (χ0n) is 23.2. The molecule has 2 aromatic carbocycles. The minimum Gasteiger partial charge on any atom is -0.493 e. The maximum atomic E-state index is 13.0. The van der Waals surface area contributed by atoms with Crippen molar-refractivity contribution in [1.29, 1.82) is 0 Å². The summed E-state index contributed by atoms with van der Waals surface area (Å²) in [5.41, 5.74) is 0.831. The van der Waals surface area contributed by atoms with Crippen molar-refractivity contribution >= 4 is 12.1 Å². The molecule has 0 aliphatic heterocycles. The molecule has 0 saturated carbocycles. The van der Waals surface area contributed by atoms with Crippen molar-refractivity contribution < 1.29 is 38.4 Å². The summed E-state index contributed by atoms with van der Waals surface area (Å²) in [6.07, 6.45) is -1.81. The van der Waals surface area contributed by atoms with Gasteiger partial charge in [-0.3, -0.25) is 10.1 Å². The lowest BCUT2D eigenvalue weighted by atomic mass is 9.96. The highest BCUT2D eigenvalue weighted by Gasteiger charge is 2.36. The molecule has 2 rings (SSSR count). The molecule has 0 fully saturated rings.